The minimum Gasteiger partial charge on any atom is -0.325 e. The SMILES string of the molecule is O=C(CSc1nccc(=O)[nH]1)Nc1ccc(C(F)(F)F)cc1. The molecule has 2 aromatic rings. The van der Waals surface area contributed by atoms with E-state index >= 15 is 0 Å². The van der Waals surface area contributed by atoms with E-state index in [2.05, 4.69) is 15.3 Å². The Hall–Kier alpha value is -2.29. The van der Waals surface area contributed by atoms with Crippen LogP contribution in [0.3, 0.4) is 0 Å². The van der Waals surface area contributed by atoms with Gasteiger partial charge in [0.05, 0.1) is 11.3 Å². The lowest BCUT2D eigenvalue weighted by Gasteiger charge is -2.08. The minimum atomic E-state index is -4.41. The first-order chi connectivity index (χ1) is 10.3. The lowest BCUT2D eigenvalue weighted by molar-refractivity contribution is -0.137. The average Bonchev–Trinajstić information content (AvgIpc) is 2.45. The Balaban J connectivity index is 1.91. The van der Waals surface area contributed by atoms with E-state index in [1.807, 2.05) is 0 Å². The van der Waals surface area contributed by atoms with Crippen LogP contribution in [-0.2, 0) is 11.0 Å². The summed E-state index contributed by atoms with van der Waals surface area (Å²) >= 11 is 1.01. The molecule has 1 aromatic carbocycles. The topological polar surface area (TPSA) is 74.8 Å². The Morgan fingerprint density at radius 1 is 1.23 bits per heavy atom. The molecule has 22 heavy (non-hydrogen) atoms. The summed E-state index contributed by atoms with van der Waals surface area (Å²) in [7, 11) is 0. The molecule has 5 nitrogen and oxygen atoms in total. The molecule has 0 fully saturated rings. The normalized spacial score (nSPS) is 11.2. The second-order valence-corrected chi connectivity index (χ2v) is 5.12. The number of aromatic amines is 1. The third-order valence-electron chi connectivity index (χ3n) is 2.48. The first-order valence-electron chi connectivity index (χ1n) is 6.00. The number of thioether (sulfide) groups is 1. The molecule has 0 unspecified atom stereocenters. The van der Waals surface area contributed by atoms with Crippen molar-refractivity contribution in [3.63, 3.8) is 0 Å². The van der Waals surface area contributed by atoms with Crippen LogP contribution >= 0.6 is 11.8 Å². The number of halogens is 3. The number of anilines is 1. The number of hydrogen-bond acceptors (Lipinski definition) is 4. The minimum absolute atomic E-state index is 0.0338. The first-order valence-corrected chi connectivity index (χ1v) is 6.98. The van der Waals surface area contributed by atoms with Crippen LogP contribution in [0.1, 0.15) is 5.56 Å². The van der Waals surface area contributed by atoms with Crippen molar-refractivity contribution in [2.75, 3.05) is 11.1 Å². The van der Waals surface area contributed by atoms with Crippen molar-refractivity contribution in [1.82, 2.24) is 9.97 Å². The van der Waals surface area contributed by atoms with Gasteiger partial charge in [0.1, 0.15) is 0 Å². The molecule has 0 saturated carbocycles. The average molecular weight is 329 g/mol. The van der Waals surface area contributed by atoms with Crippen molar-refractivity contribution >= 4 is 23.4 Å². The van der Waals surface area contributed by atoms with E-state index in [1.165, 1.54) is 24.4 Å². The molecule has 1 amide bonds. The van der Waals surface area contributed by atoms with Crippen LogP contribution in [0.5, 0.6) is 0 Å². The van der Waals surface area contributed by atoms with Gasteiger partial charge in [0.2, 0.25) is 5.91 Å². The molecule has 9 heteroatoms. The van der Waals surface area contributed by atoms with Gasteiger partial charge in [-0.05, 0) is 24.3 Å². The summed E-state index contributed by atoms with van der Waals surface area (Å²) in [5, 5.41) is 2.75. The molecule has 0 aliphatic carbocycles. The molecule has 116 valence electrons. The number of nitrogens with zero attached hydrogens (tertiary/aromatic N) is 1. The van der Waals surface area contributed by atoms with Crippen molar-refractivity contribution in [1.29, 1.82) is 0 Å². The zero-order valence-electron chi connectivity index (χ0n) is 11.0. The Morgan fingerprint density at radius 2 is 1.91 bits per heavy atom. The number of aromatic nitrogens is 2. The number of amides is 1. The Kier molecular flexibility index (Phi) is 4.86. The number of carbonyl (C=O) groups is 1. The lowest BCUT2D eigenvalue weighted by atomic mass is 10.2. The summed E-state index contributed by atoms with van der Waals surface area (Å²) in [5.74, 6) is -0.454. The Morgan fingerprint density at radius 3 is 2.50 bits per heavy atom. The van der Waals surface area contributed by atoms with Crippen LogP contribution in [0.4, 0.5) is 18.9 Å². The number of alkyl halides is 3. The molecule has 0 saturated heterocycles. The van der Waals surface area contributed by atoms with Gasteiger partial charge in [-0.1, -0.05) is 11.8 Å². The molecular weight excluding hydrogens is 319 g/mol. The van der Waals surface area contributed by atoms with E-state index in [1.54, 1.807) is 0 Å². The Bertz CT molecular complexity index is 713. The molecule has 0 radical (unpaired) electrons. The maximum absolute atomic E-state index is 12.4. The van der Waals surface area contributed by atoms with Crippen molar-refractivity contribution in [3.8, 4) is 0 Å². The van der Waals surface area contributed by atoms with Crippen LogP contribution < -0.4 is 10.9 Å². The van der Waals surface area contributed by atoms with E-state index in [-0.39, 0.29) is 22.2 Å². The number of carbonyl (C=O) groups excluding carboxylic acids is 1. The third kappa shape index (κ3) is 4.62. The molecule has 1 heterocycles. The lowest BCUT2D eigenvalue weighted by Crippen LogP contribution is -2.15. The maximum atomic E-state index is 12.4. The summed E-state index contributed by atoms with van der Waals surface area (Å²) in [4.78, 5) is 29.0. The van der Waals surface area contributed by atoms with Gasteiger partial charge < -0.3 is 10.3 Å². The fourth-order valence-electron chi connectivity index (χ4n) is 1.50. The van der Waals surface area contributed by atoms with E-state index in [4.69, 9.17) is 0 Å². The number of H-pyrrole nitrogens is 1. The second-order valence-electron chi connectivity index (χ2n) is 4.15. The van der Waals surface area contributed by atoms with Crippen LogP contribution in [0.2, 0.25) is 0 Å². The fourth-order valence-corrected chi connectivity index (χ4v) is 2.15. The van der Waals surface area contributed by atoms with Gasteiger partial charge in [0.15, 0.2) is 5.16 Å². The van der Waals surface area contributed by atoms with Gasteiger partial charge in [-0.15, -0.1) is 0 Å². The van der Waals surface area contributed by atoms with E-state index in [0.717, 1.165) is 23.9 Å². The molecule has 1 aromatic heterocycles. The summed E-state index contributed by atoms with van der Waals surface area (Å²) in [6.07, 6.45) is -3.10. The summed E-state index contributed by atoms with van der Waals surface area (Å²) < 4.78 is 37.2. The summed E-state index contributed by atoms with van der Waals surface area (Å²) in [6.45, 7) is 0. The predicted molar refractivity (Wildman–Crippen MR) is 75.7 cm³/mol. The monoisotopic (exact) mass is 329 g/mol. The molecule has 2 N–H and O–H groups in total. The third-order valence-corrected chi connectivity index (χ3v) is 3.37. The highest BCUT2D eigenvalue weighted by atomic mass is 32.2. The van der Waals surface area contributed by atoms with E-state index in [9.17, 15) is 22.8 Å². The van der Waals surface area contributed by atoms with E-state index in [0.29, 0.717) is 0 Å². The number of rotatable bonds is 4. The van der Waals surface area contributed by atoms with Crippen molar-refractivity contribution < 1.29 is 18.0 Å². The highest BCUT2D eigenvalue weighted by Crippen LogP contribution is 2.29. The predicted octanol–water partition coefficient (Wildman–Crippen LogP) is 2.52. The Labute approximate surface area is 127 Å². The second kappa shape index (κ2) is 6.65. The van der Waals surface area contributed by atoms with Crippen LogP contribution in [0.25, 0.3) is 0 Å². The largest absolute Gasteiger partial charge is 0.416 e. The molecule has 0 aliphatic heterocycles. The smallest absolute Gasteiger partial charge is 0.325 e. The molecule has 0 aliphatic rings. The van der Waals surface area contributed by atoms with Gasteiger partial charge in [-0.2, -0.15) is 13.2 Å². The van der Waals surface area contributed by atoms with Gasteiger partial charge in [-0.25, -0.2) is 4.98 Å². The van der Waals surface area contributed by atoms with Gasteiger partial charge >= 0.3 is 6.18 Å². The first kappa shape index (κ1) is 16.1. The van der Waals surface area contributed by atoms with E-state index < -0.39 is 17.6 Å². The highest BCUT2D eigenvalue weighted by Gasteiger charge is 2.29. The zero-order valence-corrected chi connectivity index (χ0v) is 11.8. The molecule has 2 rings (SSSR count). The number of nitrogens with one attached hydrogen (secondary N) is 2. The molecule has 0 bridgehead atoms. The van der Waals surface area contributed by atoms with Gasteiger partial charge in [0.25, 0.3) is 5.56 Å². The van der Waals surface area contributed by atoms with Gasteiger partial charge in [-0.3, -0.25) is 9.59 Å². The molecule has 0 spiro atoms. The van der Waals surface area contributed by atoms with Crippen LogP contribution in [0.15, 0.2) is 46.5 Å². The molecule has 0 atom stereocenters. The van der Waals surface area contributed by atoms with Crippen LogP contribution in [0, 0.1) is 0 Å². The summed E-state index contributed by atoms with van der Waals surface area (Å²) in [6, 6.07) is 5.37. The quantitative estimate of drug-likeness (QED) is 0.668. The molecular formula is C13H10F3N3O2S. The maximum Gasteiger partial charge on any atom is 0.416 e. The van der Waals surface area contributed by atoms with Crippen LogP contribution in [-0.4, -0.2) is 21.6 Å². The van der Waals surface area contributed by atoms with Crippen molar-refractivity contribution in [2.24, 2.45) is 0 Å². The standard InChI is InChI=1S/C13H10F3N3O2S/c14-13(15,16)8-1-3-9(4-2-8)18-11(21)7-22-12-17-6-5-10(20)19-12/h1-6H,7H2,(H,18,21)(H,17,19,20). The highest BCUT2D eigenvalue weighted by molar-refractivity contribution is 7.99. The number of hydrogen-bond donors (Lipinski definition) is 2. The fraction of sp³-hybridized carbons (Fsp3) is 0.154. The zero-order chi connectivity index (χ0) is 16.2. The van der Waals surface area contributed by atoms with Crippen molar-refractivity contribution in [2.45, 2.75) is 11.3 Å². The number of benzene rings is 1. The van der Waals surface area contributed by atoms with Gasteiger partial charge in [0, 0.05) is 18.0 Å². The van der Waals surface area contributed by atoms with Crippen molar-refractivity contribution in [3.05, 3.63) is 52.4 Å². The summed E-state index contributed by atoms with van der Waals surface area (Å²) in [5.41, 5.74) is -0.861.